The van der Waals surface area contributed by atoms with E-state index in [1.165, 1.54) is 12.8 Å². The van der Waals surface area contributed by atoms with Crippen molar-refractivity contribution in [2.75, 3.05) is 19.6 Å². The summed E-state index contributed by atoms with van der Waals surface area (Å²) in [6, 6.07) is 5.34. The Morgan fingerprint density at radius 3 is 3.18 bits per heavy atom. The summed E-state index contributed by atoms with van der Waals surface area (Å²) in [5.41, 5.74) is 0.461. The first kappa shape index (κ1) is 12.5. The second-order valence-electron chi connectivity index (χ2n) is 4.27. The predicted octanol–water partition coefficient (Wildman–Crippen LogP) is 1.57. The molecule has 0 bridgehead atoms. The summed E-state index contributed by atoms with van der Waals surface area (Å²) in [6.45, 7) is 2.81. The van der Waals surface area contributed by atoms with Gasteiger partial charge in [0.2, 0.25) is 0 Å². The van der Waals surface area contributed by atoms with Gasteiger partial charge >= 0.3 is 0 Å². The molecule has 4 nitrogen and oxygen atoms in total. The van der Waals surface area contributed by atoms with Crippen LogP contribution in [0.3, 0.4) is 0 Å². The summed E-state index contributed by atoms with van der Waals surface area (Å²) < 4.78 is 0.685. The van der Waals surface area contributed by atoms with Crippen LogP contribution in [0, 0.1) is 5.92 Å². The Morgan fingerprint density at radius 1 is 1.59 bits per heavy atom. The minimum atomic E-state index is -0.100. The van der Waals surface area contributed by atoms with E-state index in [2.05, 4.69) is 31.5 Å². The van der Waals surface area contributed by atoms with Crippen LogP contribution in [0.2, 0.25) is 0 Å². The first-order valence-corrected chi connectivity index (χ1v) is 6.66. The van der Waals surface area contributed by atoms with Gasteiger partial charge < -0.3 is 10.6 Å². The molecule has 0 aromatic carbocycles. The zero-order valence-electron chi connectivity index (χ0n) is 9.58. The Balaban J connectivity index is 1.84. The van der Waals surface area contributed by atoms with Crippen molar-refractivity contribution in [1.29, 1.82) is 0 Å². The number of pyridine rings is 1. The number of rotatable bonds is 3. The number of carbonyl (C=O) groups is 1. The fourth-order valence-electron chi connectivity index (χ4n) is 1.96. The number of halogens is 1. The smallest absolute Gasteiger partial charge is 0.269 e. The number of carbonyl (C=O) groups excluding carboxylic acids is 1. The highest BCUT2D eigenvalue weighted by molar-refractivity contribution is 9.10. The maximum absolute atomic E-state index is 11.8. The highest BCUT2D eigenvalue weighted by atomic mass is 79.9. The topological polar surface area (TPSA) is 54.0 Å². The SMILES string of the molecule is O=C(NC[C@H]1CCCNC1)c1cccc(Br)n1. The van der Waals surface area contributed by atoms with E-state index in [0.29, 0.717) is 16.2 Å². The molecule has 5 heteroatoms. The molecule has 1 aromatic rings. The van der Waals surface area contributed by atoms with Crippen molar-refractivity contribution < 1.29 is 4.79 Å². The Hall–Kier alpha value is -0.940. The molecule has 2 N–H and O–H groups in total. The second-order valence-corrected chi connectivity index (χ2v) is 5.08. The molecule has 1 amide bonds. The van der Waals surface area contributed by atoms with Crippen LogP contribution in [0.5, 0.6) is 0 Å². The van der Waals surface area contributed by atoms with Gasteiger partial charge in [-0.1, -0.05) is 6.07 Å². The maximum atomic E-state index is 11.8. The summed E-state index contributed by atoms with van der Waals surface area (Å²) >= 11 is 3.26. The lowest BCUT2D eigenvalue weighted by atomic mass is 10.00. The molecule has 2 rings (SSSR count). The van der Waals surface area contributed by atoms with Crippen molar-refractivity contribution in [1.82, 2.24) is 15.6 Å². The predicted molar refractivity (Wildman–Crippen MR) is 69.9 cm³/mol. The average molecular weight is 298 g/mol. The molecule has 17 heavy (non-hydrogen) atoms. The van der Waals surface area contributed by atoms with E-state index in [1.54, 1.807) is 6.07 Å². The molecule has 0 unspecified atom stereocenters. The lowest BCUT2D eigenvalue weighted by Crippen LogP contribution is -2.38. The zero-order chi connectivity index (χ0) is 12.1. The molecule has 0 radical (unpaired) electrons. The molecule has 0 aliphatic carbocycles. The van der Waals surface area contributed by atoms with Crippen molar-refractivity contribution in [3.8, 4) is 0 Å². The van der Waals surface area contributed by atoms with Crippen molar-refractivity contribution in [3.63, 3.8) is 0 Å². The number of nitrogens with zero attached hydrogens (tertiary/aromatic N) is 1. The normalized spacial score (nSPS) is 19.9. The van der Waals surface area contributed by atoms with Crippen LogP contribution < -0.4 is 10.6 Å². The number of hydrogen-bond acceptors (Lipinski definition) is 3. The lowest BCUT2D eigenvalue weighted by Gasteiger charge is -2.22. The van der Waals surface area contributed by atoms with E-state index in [4.69, 9.17) is 0 Å². The zero-order valence-corrected chi connectivity index (χ0v) is 11.2. The van der Waals surface area contributed by atoms with E-state index < -0.39 is 0 Å². The van der Waals surface area contributed by atoms with Gasteiger partial charge in [0.05, 0.1) is 0 Å². The van der Waals surface area contributed by atoms with Gasteiger partial charge in [-0.3, -0.25) is 4.79 Å². The molecule has 1 aromatic heterocycles. The van der Waals surface area contributed by atoms with E-state index in [0.717, 1.165) is 19.6 Å². The summed E-state index contributed by atoms with van der Waals surface area (Å²) in [5, 5.41) is 6.27. The molecule has 1 aliphatic rings. The van der Waals surface area contributed by atoms with Gasteiger partial charge in [-0.2, -0.15) is 0 Å². The van der Waals surface area contributed by atoms with Gasteiger partial charge in [0.1, 0.15) is 10.3 Å². The van der Waals surface area contributed by atoms with Crippen LogP contribution in [0.4, 0.5) is 0 Å². The van der Waals surface area contributed by atoms with E-state index >= 15 is 0 Å². The molecule has 1 fully saturated rings. The maximum Gasteiger partial charge on any atom is 0.269 e. The Kier molecular flexibility index (Phi) is 4.50. The second kappa shape index (κ2) is 6.12. The van der Waals surface area contributed by atoms with Gasteiger partial charge in [-0.15, -0.1) is 0 Å². The fraction of sp³-hybridized carbons (Fsp3) is 0.500. The van der Waals surface area contributed by atoms with Crippen molar-refractivity contribution in [2.45, 2.75) is 12.8 Å². The van der Waals surface area contributed by atoms with E-state index in [9.17, 15) is 4.79 Å². The molecular weight excluding hydrogens is 282 g/mol. The van der Waals surface area contributed by atoms with Crippen LogP contribution in [-0.4, -0.2) is 30.5 Å². The van der Waals surface area contributed by atoms with Gasteiger partial charge in [0, 0.05) is 6.54 Å². The molecule has 1 saturated heterocycles. The molecule has 0 saturated carbocycles. The minimum Gasteiger partial charge on any atom is -0.350 e. The number of hydrogen-bond donors (Lipinski definition) is 2. The van der Waals surface area contributed by atoms with E-state index in [1.807, 2.05) is 12.1 Å². The largest absolute Gasteiger partial charge is 0.350 e. The van der Waals surface area contributed by atoms with E-state index in [-0.39, 0.29) is 5.91 Å². The summed E-state index contributed by atoms with van der Waals surface area (Å²) in [7, 11) is 0. The molecule has 1 atom stereocenters. The highest BCUT2D eigenvalue weighted by Gasteiger charge is 2.14. The monoisotopic (exact) mass is 297 g/mol. The molecular formula is C12H16BrN3O. The third kappa shape index (κ3) is 3.78. The Labute approximate surface area is 109 Å². The van der Waals surface area contributed by atoms with Crippen LogP contribution >= 0.6 is 15.9 Å². The van der Waals surface area contributed by atoms with Crippen molar-refractivity contribution in [3.05, 3.63) is 28.5 Å². The molecule has 0 spiro atoms. The fourth-order valence-corrected chi connectivity index (χ4v) is 2.30. The summed E-state index contributed by atoms with van der Waals surface area (Å²) in [6.07, 6.45) is 2.37. The first-order chi connectivity index (χ1) is 8.25. The van der Waals surface area contributed by atoms with Gasteiger partial charge in [-0.05, 0) is 59.9 Å². The molecule has 92 valence electrons. The third-order valence-electron chi connectivity index (χ3n) is 2.90. The highest BCUT2D eigenvalue weighted by Crippen LogP contribution is 2.09. The number of nitrogens with one attached hydrogen (secondary N) is 2. The van der Waals surface area contributed by atoms with Crippen LogP contribution in [-0.2, 0) is 0 Å². The third-order valence-corrected chi connectivity index (χ3v) is 3.34. The van der Waals surface area contributed by atoms with Crippen molar-refractivity contribution in [2.24, 2.45) is 5.92 Å². The molecule has 2 heterocycles. The standard InChI is InChI=1S/C12H16BrN3O/c13-11-5-1-4-10(16-11)12(17)15-8-9-3-2-6-14-7-9/h1,4-5,9,14H,2-3,6-8H2,(H,15,17)/t9-/m0/s1. The lowest BCUT2D eigenvalue weighted by molar-refractivity contribution is 0.0939. The Bertz CT molecular complexity index is 391. The van der Waals surface area contributed by atoms with Crippen LogP contribution in [0.15, 0.2) is 22.8 Å². The van der Waals surface area contributed by atoms with Crippen molar-refractivity contribution >= 4 is 21.8 Å². The van der Waals surface area contributed by atoms with Gasteiger partial charge in [0.15, 0.2) is 0 Å². The van der Waals surface area contributed by atoms with Crippen LogP contribution in [0.1, 0.15) is 23.3 Å². The van der Waals surface area contributed by atoms with Gasteiger partial charge in [0.25, 0.3) is 5.91 Å². The van der Waals surface area contributed by atoms with Gasteiger partial charge in [-0.25, -0.2) is 4.98 Å². The van der Waals surface area contributed by atoms with Crippen LogP contribution in [0.25, 0.3) is 0 Å². The molecule has 1 aliphatic heterocycles. The number of amides is 1. The first-order valence-electron chi connectivity index (χ1n) is 5.87. The number of aromatic nitrogens is 1. The summed E-state index contributed by atoms with van der Waals surface area (Å²) in [4.78, 5) is 16.0. The average Bonchev–Trinajstić information content (AvgIpc) is 2.37. The number of piperidine rings is 1. The minimum absolute atomic E-state index is 0.100. The Morgan fingerprint density at radius 2 is 2.47 bits per heavy atom. The quantitative estimate of drug-likeness (QED) is 0.833. The summed E-state index contributed by atoms with van der Waals surface area (Å²) in [5.74, 6) is 0.441.